The molecule has 2 nitrogen and oxygen atoms in total. The first-order valence-corrected chi connectivity index (χ1v) is 4.10. The number of rotatable bonds is 3. The van der Waals surface area contributed by atoms with Crippen molar-refractivity contribution < 1.29 is 9.13 Å². The lowest BCUT2D eigenvalue weighted by atomic mass is 10.2. The summed E-state index contributed by atoms with van der Waals surface area (Å²) in [6, 6.07) is 4.55. The van der Waals surface area contributed by atoms with Crippen molar-refractivity contribution in [2.24, 2.45) is 0 Å². The molecule has 0 N–H and O–H groups in total. The molecular formula is C10H14FNO. The molecule has 0 bridgehead atoms. The van der Waals surface area contributed by atoms with Crippen LogP contribution >= 0.6 is 0 Å². The number of methoxy groups -OCH3 is 1. The van der Waals surface area contributed by atoms with Gasteiger partial charge in [-0.15, -0.1) is 0 Å². The van der Waals surface area contributed by atoms with Crippen molar-refractivity contribution in [1.29, 1.82) is 0 Å². The minimum absolute atomic E-state index is 0.224. The predicted octanol–water partition coefficient (Wildman–Crippen LogP) is 1.90. The molecule has 1 aromatic carbocycles. The predicted molar refractivity (Wildman–Crippen MR) is 50.3 cm³/mol. The van der Waals surface area contributed by atoms with Gasteiger partial charge < -0.3 is 9.64 Å². The molecule has 3 heteroatoms. The summed E-state index contributed by atoms with van der Waals surface area (Å²) in [6.45, 7) is 0.681. The van der Waals surface area contributed by atoms with Gasteiger partial charge in [0.1, 0.15) is 11.6 Å². The molecule has 0 radical (unpaired) electrons. The van der Waals surface area contributed by atoms with Crippen molar-refractivity contribution in [3.8, 4) is 5.75 Å². The average Bonchev–Trinajstić information content (AvgIpc) is 2.03. The molecule has 0 saturated carbocycles. The van der Waals surface area contributed by atoms with Crippen LogP contribution in [0.3, 0.4) is 0 Å². The topological polar surface area (TPSA) is 12.5 Å². The second-order valence-electron chi connectivity index (χ2n) is 3.19. The van der Waals surface area contributed by atoms with Crippen LogP contribution in [0.5, 0.6) is 5.75 Å². The van der Waals surface area contributed by atoms with E-state index >= 15 is 0 Å². The SMILES string of the molecule is COc1ccc(F)cc1CN(C)C. The Kier molecular flexibility index (Phi) is 3.25. The van der Waals surface area contributed by atoms with Crippen molar-refractivity contribution >= 4 is 0 Å². The Morgan fingerprint density at radius 1 is 1.38 bits per heavy atom. The number of hydrogen-bond acceptors (Lipinski definition) is 2. The summed E-state index contributed by atoms with van der Waals surface area (Å²) in [5.41, 5.74) is 0.868. The van der Waals surface area contributed by atoms with Gasteiger partial charge in [0.15, 0.2) is 0 Å². The van der Waals surface area contributed by atoms with Gasteiger partial charge in [-0.2, -0.15) is 0 Å². The van der Waals surface area contributed by atoms with Crippen LogP contribution in [0.25, 0.3) is 0 Å². The maximum absolute atomic E-state index is 12.9. The molecule has 0 spiro atoms. The second-order valence-corrected chi connectivity index (χ2v) is 3.19. The van der Waals surface area contributed by atoms with Gasteiger partial charge in [0.25, 0.3) is 0 Å². The van der Waals surface area contributed by atoms with E-state index in [2.05, 4.69) is 0 Å². The molecule has 0 aliphatic carbocycles. The van der Waals surface area contributed by atoms with Gasteiger partial charge in [-0.3, -0.25) is 0 Å². The summed E-state index contributed by atoms with van der Waals surface area (Å²) in [4.78, 5) is 1.97. The summed E-state index contributed by atoms with van der Waals surface area (Å²) >= 11 is 0. The fourth-order valence-electron chi connectivity index (χ4n) is 1.21. The zero-order chi connectivity index (χ0) is 9.84. The van der Waals surface area contributed by atoms with Crippen LogP contribution in [0.4, 0.5) is 4.39 Å². The highest BCUT2D eigenvalue weighted by Gasteiger charge is 2.04. The fourth-order valence-corrected chi connectivity index (χ4v) is 1.21. The van der Waals surface area contributed by atoms with E-state index in [1.165, 1.54) is 12.1 Å². The smallest absolute Gasteiger partial charge is 0.123 e. The highest BCUT2D eigenvalue weighted by atomic mass is 19.1. The van der Waals surface area contributed by atoms with E-state index in [4.69, 9.17) is 4.74 Å². The highest BCUT2D eigenvalue weighted by Crippen LogP contribution is 2.19. The van der Waals surface area contributed by atoms with E-state index in [1.54, 1.807) is 13.2 Å². The number of ether oxygens (including phenoxy) is 1. The zero-order valence-electron chi connectivity index (χ0n) is 8.17. The highest BCUT2D eigenvalue weighted by molar-refractivity contribution is 5.33. The Bertz CT molecular complexity index is 286. The lowest BCUT2D eigenvalue weighted by Crippen LogP contribution is -2.11. The van der Waals surface area contributed by atoms with Crippen LogP contribution in [0.15, 0.2) is 18.2 Å². The molecule has 0 aromatic heterocycles. The standard InChI is InChI=1S/C10H14FNO/c1-12(2)7-8-6-9(11)4-5-10(8)13-3/h4-6H,7H2,1-3H3. The molecule has 0 amide bonds. The van der Waals surface area contributed by atoms with Crippen LogP contribution < -0.4 is 4.74 Å². The quantitative estimate of drug-likeness (QED) is 0.709. The normalized spacial score (nSPS) is 10.5. The molecule has 0 unspecified atom stereocenters. The Morgan fingerprint density at radius 2 is 2.08 bits per heavy atom. The monoisotopic (exact) mass is 183 g/mol. The van der Waals surface area contributed by atoms with Crippen LogP contribution in [-0.4, -0.2) is 26.1 Å². The first-order chi connectivity index (χ1) is 6.13. The minimum atomic E-state index is -0.224. The van der Waals surface area contributed by atoms with E-state index in [9.17, 15) is 4.39 Å². The van der Waals surface area contributed by atoms with Gasteiger partial charge >= 0.3 is 0 Å². The van der Waals surface area contributed by atoms with Gasteiger partial charge in [-0.25, -0.2) is 4.39 Å². The van der Waals surface area contributed by atoms with Crippen LogP contribution in [0, 0.1) is 5.82 Å². The number of halogens is 1. The van der Waals surface area contributed by atoms with Gasteiger partial charge in [0.05, 0.1) is 7.11 Å². The molecule has 0 fully saturated rings. The second kappa shape index (κ2) is 4.23. The van der Waals surface area contributed by atoms with Crippen LogP contribution in [0.2, 0.25) is 0 Å². The van der Waals surface area contributed by atoms with E-state index in [-0.39, 0.29) is 5.82 Å². The Balaban J connectivity index is 2.94. The van der Waals surface area contributed by atoms with Crippen molar-refractivity contribution in [2.45, 2.75) is 6.54 Å². The van der Waals surface area contributed by atoms with Crippen LogP contribution in [0.1, 0.15) is 5.56 Å². The Morgan fingerprint density at radius 3 is 2.62 bits per heavy atom. The largest absolute Gasteiger partial charge is 0.496 e. The number of benzene rings is 1. The van der Waals surface area contributed by atoms with Gasteiger partial charge in [-0.1, -0.05) is 0 Å². The molecular weight excluding hydrogens is 169 g/mol. The molecule has 0 atom stereocenters. The lowest BCUT2D eigenvalue weighted by molar-refractivity contribution is 0.370. The van der Waals surface area contributed by atoms with Gasteiger partial charge in [0, 0.05) is 12.1 Å². The van der Waals surface area contributed by atoms with Crippen LogP contribution in [-0.2, 0) is 6.54 Å². The molecule has 0 aliphatic heterocycles. The molecule has 0 heterocycles. The van der Waals surface area contributed by atoms with Crippen molar-refractivity contribution in [1.82, 2.24) is 4.90 Å². The molecule has 1 rings (SSSR count). The fraction of sp³-hybridized carbons (Fsp3) is 0.400. The average molecular weight is 183 g/mol. The summed E-state index contributed by atoms with van der Waals surface area (Å²) in [6.07, 6.45) is 0. The Hall–Kier alpha value is -1.09. The lowest BCUT2D eigenvalue weighted by Gasteiger charge is -2.13. The first-order valence-electron chi connectivity index (χ1n) is 4.10. The first kappa shape index (κ1) is 9.99. The molecule has 13 heavy (non-hydrogen) atoms. The van der Waals surface area contributed by atoms with E-state index in [1.807, 2.05) is 19.0 Å². The molecule has 72 valence electrons. The summed E-state index contributed by atoms with van der Waals surface area (Å²) in [7, 11) is 5.46. The third kappa shape index (κ3) is 2.70. The van der Waals surface area contributed by atoms with E-state index in [0.29, 0.717) is 6.54 Å². The maximum Gasteiger partial charge on any atom is 0.123 e. The zero-order valence-corrected chi connectivity index (χ0v) is 8.17. The number of nitrogens with zero attached hydrogens (tertiary/aromatic N) is 1. The summed E-state index contributed by atoms with van der Waals surface area (Å²) in [5.74, 6) is 0.507. The molecule has 1 aromatic rings. The van der Waals surface area contributed by atoms with Crippen molar-refractivity contribution in [2.75, 3.05) is 21.2 Å². The van der Waals surface area contributed by atoms with Crippen molar-refractivity contribution in [3.63, 3.8) is 0 Å². The van der Waals surface area contributed by atoms with Crippen molar-refractivity contribution in [3.05, 3.63) is 29.6 Å². The molecule has 0 aliphatic rings. The van der Waals surface area contributed by atoms with E-state index < -0.39 is 0 Å². The van der Waals surface area contributed by atoms with Gasteiger partial charge in [0.2, 0.25) is 0 Å². The Labute approximate surface area is 77.9 Å². The third-order valence-corrected chi connectivity index (χ3v) is 1.73. The van der Waals surface area contributed by atoms with Gasteiger partial charge in [-0.05, 0) is 32.3 Å². The summed E-state index contributed by atoms with van der Waals surface area (Å²) < 4.78 is 18.0. The minimum Gasteiger partial charge on any atom is -0.496 e. The maximum atomic E-state index is 12.9. The molecule has 0 saturated heterocycles. The summed E-state index contributed by atoms with van der Waals surface area (Å²) in [5, 5.41) is 0. The number of hydrogen-bond donors (Lipinski definition) is 0. The third-order valence-electron chi connectivity index (χ3n) is 1.73. The van der Waals surface area contributed by atoms with E-state index in [0.717, 1.165) is 11.3 Å².